The molecule has 0 spiro atoms. The van der Waals surface area contributed by atoms with Gasteiger partial charge in [-0.05, 0) is 25.8 Å². The van der Waals surface area contributed by atoms with Crippen LogP contribution in [0.15, 0.2) is 11.6 Å². The largest absolute Gasteiger partial charge is 0.457 e. The van der Waals surface area contributed by atoms with Crippen molar-refractivity contribution in [2.75, 3.05) is 0 Å². The molecular formula is C13H16O5. The summed E-state index contributed by atoms with van der Waals surface area (Å²) in [5, 5.41) is 21.4. The number of carbonyl (C=O) groups excluding carboxylic acids is 2. The van der Waals surface area contributed by atoms with Gasteiger partial charge in [-0.15, -0.1) is 0 Å². The molecule has 0 aromatic heterocycles. The second kappa shape index (κ2) is 2.86. The molecule has 5 atom stereocenters. The molecule has 1 saturated carbocycles. The van der Waals surface area contributed by atoms with E-state index in [1.54, 1.807) is 26.8 Å². The maximum Gasteiger partial charge on any atom is 0.342 e. The van der Waals surface area contributed by atoms with Gasteiger partial charge in [-0.3, -0.25) is 4.79 Å². The van der Waals surface area contributed by atoms with Gasteiger partial charge in [0.05, 0.1) is 0 Å². The monoisotopic (exact) mass is 252 g/mol. The highest BCUT2D eigenvalue weighted by Crippen LogP contribution is 2.59. The number of ketones is 1. The van der Waals surface area contributed by atoms with Gasteiger partial charge < -0.3 is 14.9 Å². The predicted molar refractivity (Wildman–Crippen MR) is 60.4 cm³/mol. The second-order valence-corrected chi connectivity index (χ2v) is 5.95. The number of rotatable bonds is 0. The topological polar surface area (TPSA) is 83.8 Å². The maximum absolute atomic E-state index is 12.2. The van der Waals surface area contributed by atoms with Crippen LogP contribution in [0.3, 0.4) is 0 Å². The van der Waals surface area contributed by atoms with Crippen molar-refractivity contribution in [1.29, 1.82) is 0 Å². The van der Waals surface area contributed by atoms with E-state index in [9.17, 15) is 19.8 Å². The van der Waals surface area contributed by atoms with E-state index in [1.807, 2.05) is 0 Å². The van der Waals surface area contributed by atoms with E-state index in [1.165, 1.54) is 0 Å². The summed E-state index contributed by atoms with van der Waals surface area (Å²) >= 11 is 0. The summed E-state index contributed by atoms with van der Waals surface area (Å²) in [7, 11) is 0. The Kier molecular flexibility index (Phi) is 1.88. The zero-order valence-corrected chi connectivity index (χ0v) is 10.6. The summed E-state index contributed by atoms with van der Waals surface area (Å²) < 4.78 is 5.24. The van der Waals surface area contributed by atoms with Gasteiger partial charge in [0.15, 0.2) is 11.4 Å². The van der Waals surface area contributed by atoms with Crippen molar-refractivity contribution in [1.82, 2.24) is 0 Å². The number of Topliss-reactive ketones (excluding diaryl/α,β-unsaturated/α-hetero) is 1. The molecule has 2 N–H and O–H groups in total. The van der Waals surface area contributed by atoms with Crippen molar-refractivity contribution in [2.24, 2.45) is 11.8 Å². The van der Waals surface area contributed by atoms with Crippen LogP contribution >= 0.6 is 0 Å². The van der Waals surface area contributed by atoms with Crippen LogP contribution in [0.4, 0.5) is 0 Å². The fourth-order valence-electron chi connectivity index (χ4n) is 3.77. The standard InChI is InChI=1S/C13H16O5/c1-6-4-8-5-11(3)7(2)12(16,10(15)18-11)13(8,17)9(6)14/h4,7-8,16-17H,5H2,1-3H3/t7-,8+,11-,12-,13+/m0/s1. The van der Waals surface area contributed by atoms with Gasteiger partial charge in [0.2, 0.25) is 5.60 Å². The molecule has 2 aliphatic carbocycles. The number of esters is 1. The van der Waals surface area contributed by atoms with Crippen LogP contribution in [0.1, 0.15) is 27.2 Å². The third-order valence-corrected chi connectivity index (χ3v) is 5.08. The highest BCUT2D eigenvalue weighted by atomic mass is 16.6. The molecule has 3 aliphatic rings. The van der Waals surface area contributed by atoms with Crippen LogP contribution < -0.4 is 0 Å². The first kappa shape index (κ1) is 11.9. The minimum absolute atomic E-state index is 0.349. The van der Waals surface area contributed by atoms with Crippen LogP contribution in [0, 0.1) is 11.8 Å². The molecule has 5 heteroatoms. The first-order valence-corrected chi connectivity index (χ1v) is 6.09. The van der Waals surface area contributed by atoms with Gasteiger partial charge in [-0.25, -0.2) is 4.79 Å². The molecule has 0 unspecified atom stereocenters. The minimum Gasteiger partial charge on any atom is -0.457 e. The lowest BCUT2D eigenvalue weighted by Crippen LogP contribution is -2.70. The fraction of sp³-hybridized carbons (Fsp3) is 0.692. The minimum atomic E-state index is -2.14. The van der Waals surface area contributed by atoms with E-state index in [0.717, 1.165) is 0 Å². The fourth-order valence-corrected chi connectivity index (χ4v) is 3.77. The molecule has 1 saturated heterocycles. The van der Waals surface area contributed by atoms with Crippen LogP contribution in [-0.2, 0) is 14.3 Å². The lowest BCUT2D eigenvalue weighted by Gasteiger charge is -2.47. The molecular weight excluding hydrogens is 236 g/mol. The average molecular weight is 252 g/mol. The summed E-state index contributed by atoms with van der Waals surface area (Å²) in [5.41, 5.74) is -4.64. The summed E-state index contributed by atoms with van der Waals surface area (Å²) in [4.78, 5) is 24.1. The van der Waals surface area contributed by atoms with Gasteiger partial charge in [0.25, 0.3) is 0 Å². The Morgan fingerprint density at radius 1 is 1.33 bits per heavy atom. The van der Waals surface area contributed by atoms with Crippen molar-refractivity contribution < 1.29 is 24.5 Å². The Bertz CT molecular complexity index is 508. The van der Waals surface area contributed by atoms with Gasteiger partial charge >= 0.3 is 5.97 Å². The molecule has 98 valence electrons. The zero-order chi connectivity index (χ0) is 13.5. The summed E-state index contributed by atoms with van der Waals surface area (Å²) in [6.07, 6.45) is 1.99. The van der Waals surface area contributed by atoms with E-state index in [-0.39, 0.29) is 0 Å². The molecule has 2 bridgehead atoms. The third kappa shape index (κ3) is 0.905. The third-order valence-electron chi connectivity index (χ3n) is 5.08. The molecule has 0 aromatic rings. The van der Waals surface area contributed by atoms with Crippen LogP contribution in [0.5, 0.6) is 0 Å². The van der Waals surface area contributed by atoms with Crippen molar-refractivity contribution in [3.05, 3.63) is 11.6 Å². The van der Waals surface area contributed by atoms with E-state index >= 15 is 0 Å². The Balaban J connectivity index is 2.25. The number of aliphatic hydroxyl groups is 2. The lowest BCUT2D eigenvalue weighted by molar-refractivity contribution is -0.203. The lowest BCUT2D eigenvalue weighted by atomic mass is 9.58. The number of ether oxygens (including phenoxy) is 1. The molecule has 1 aliphatic heterocycles. The second-order valence-electron chi connectivity index (χ2n) is 5.95. The number of carbonyl (C=O) groups is 2. The van der Waals surface area contributed by atoms with Crippen molar-refractivity contribution in [2.45, 2.75) is 44.0 Å². The maximum atomic E-state index is 12.2. The average Bonchev–Trinajstić information content (AvgIpc) is 2.58. The Morgan fingerprint density at radius 2 is 1.94 bits per heavy atom. The van der Waals surface area contributed by atoms with Gasteiger partial charge in [0.1, 0.15) is 5.60 Å². The van der Waals surface area contributed by atoms with Gasteiger partial charge in [-0.1, -0.05) is 13.0 Å². The number of hydrogen-bond donors (Lipinski definition) is 2. The van der Waals surface area contributed by atoms with Crippen molar-refractivity contribution in [3.8, 4) is 0 Å². The Morgan fingerprint density at radius 3 is 2.56 bits per heavy atom. The van der Waals surface area contributed by atoms with Crippen LogP contribution in [-0.4, -0.2) is 38.8 Å². The first-order chi connectivity index (χ1) is 8.18. The van der Waals surface area contributed by atoms with Crippen molar-refractivity contribution >= 4 is 11.8 Å². The van der Waals surface area contributed by atoms with E-state index in [4.69, 9.17) is 4.74 Å². The normalized spacial score (nSPS) is 54.2. The predicted octanol–water partition coefficient (Wildman–Crippen LogP) is -0.0509. The first-order valence-electron chi connectivity index (χ1n) is 6.09. The van der Waals surface area contributed by atoms with Crippen LogP contribution in [0.2, 0.25) is 0 Å². The number of fused-ring (bicyclic) bond motifs is 4. The highest BCUT2D eigenvalue weighted by Gasteiger charge is 2.78. The SMILES string of the molecule is CC1=C[C@@H]2C[C@]3(C)OC(=O)[C@@](O)([C@H]3C)[C@]2(O)C1=O. The number of hydrogen-bond acceptors (Lipinski definition) is 5. The summed E-state index contributed by atoms with van der Waals surface area (Å²) in [6.45, 7) is 4.97. The summed E-state index contributed by atoms with van der Waals surface area (Å²) in [6, 6.07) is 0. The molecule has 18 heavy (non-hydrogen) atoms. The molecule has 0 radical (unpaired) electrons. The Labute approximate surface area is 104 Å². The molecule has 0 aromatic carbocycles. The van der Waals surface area contributed by atoms with E-state index in [0.29, 0.717) is 12.0 Å². The van der Waals surface area contributed by atoms with E-state index < -0.39 is 40.4 Å². The zero-order valence-electron chi connectivity index (χ0n) is 10.6. The molecule has 2 fully saturated rings. The molecule has 5 nitrogen and oxygen atoms in total. The Hall–Kier alpha value is -1.20. The molecule has 1 heterocycles. The highest BCUT2D eigenvalue weighted by molar-refractivity contribution is 6.09. The van der Waals surface area contributed by atoms with Crippen LogP contribution in [0.25, 0.3) is 0 Å². The smallest absolute Gasteiger partial charge is 0.342 e. The molecule has 3 rings (SSSR count). The van der Waals surface area contributed by atoms with Crippen molar-refractivity contribution in [3.63, 3.8) is 0 Å². The molecule has 0 amide bonds. The van der Waals surface area contributed by atoms with Gasteiger partial charge in [0, 0.05) is 11.8 Å². The summed E-state index contributed by atoms with van der Waals surface area (Å²) in [5.74, 6) is -2.65. The van der Waals surface area contributed by atoms with E-state index in [2.05, 4.69) is 0 Å². The van der Waals surface area contributed by atoms with Gasteiger partial charge in [-0.2, -0.15) is 0 Å². The quantitative estimate of drug-likeness (QED) is 0.590.